The van der Waals surface area contributed by atoms with Crippen molar-refractivity contribution in [3.05, 3.63) is 57.0 Å². The zero-order chi connectivity index (χ0) is 23.1. The summed E-state index contributed by atoms with van der Waals surface area (Å²) in [4.78, 5) is 24.3. The van der Waals surface area contributed by atoms with Crippen molar-refractivity contribution in [2.75, 3.05) is 10.6 Å². The summed E-state index contributed by atoms with van der Waals surface area (Å²) in [6, 6.07) is 8.59. The van der Waals surface area contributed by atoms with Gasteiger partial charge < -0.3 is 10.6 Å². The number of benzene rings is 2. The molecule has 2 aromatic rings. The lowest BCUT2D eigenvalue weighted by atomic mass is 10.1. The smallest absolute Gasteiger partial charge is 0.278 e. The Balaban J connectivity index is 1.75. The van der Waals surface area contributed by atoms with E-state index in [9.17, 15) is 22.8 Å². The fourth-order valence-corrected chi connectivity index (χ4v) is 4.59. The number of anilines is 2. The van der Waals surface area contributed by atoms with Crippen LogP contribution in [0.5, 0.6) is 0 Å². The second-order valence-electron chi connectivity index (χ2n) is 6.74. The van der Waals surface area contributed by atoms with Crippen molar-refractivity contribution in [2.24, 2.45) is 5.92 Å². The molecule has 0 saturated heterocycles. The van der Waals surface area contributed by atoms with Gasteiger partial charge in [-0.3, -0.25) is 9.59 Å². The van der Waals surface area contributed by atoms with Crippen molar-refractivity contribution in [2.45, 2.75) is 22.8 Å². The van der Waals surface area contributed by atoms with Crippen molar-refractivity contribution in [1.82, 2.24) is 0 Å². The number of nitrogens with one attached hydrogen (secondary N) is 2. The van der Waals surface area contributed by atoms with Gasteiger partial charge in [0.05, 0.1) is 16.6 Å². The first-order chi connectivity index (χ1) is 14.4. The number of halogens is 8. The van der Waals surface area contributed by atoms with Crippen LogP contribution in [0.4, 0.5) is 24.5 Å². The molecule has 2 N–H and O–H groups in total. The Labute approximate surface area is 199 Å². The first-order valence-corrected chi connectivity index (χ1v) is 10.5. The molecule has 1 saturated carbocycles. The molecule has 3 unspecified atom stereocenters. The maximum atomic E-state index is 13.2. The molecule has 1 aliphatic carbocycles. The third kappa shape index (κ3) is 5.34. The minimum Gasteiger partial charge on any atom is -0.326 e. The van der Waals surface area contributed by atoms with E-state index in [1.807, 2.05) is 5.32 Å². The minimum atomic E-state index is -3.49. The maximum Gasteiger partial charge on any atom is 0.278 e. The molecule has 12 heteroatoms. The number of hydrogen-bond acceptors (Lipinski definition) is 2. The molecule has 2 amide bonds. The van der Waals surface area contributed by atoms with Gasteiger partial charge in [0.2, 0.25) is 12.1 Å². The Hall–Kier alpha value is -1.38. The highest BCUT2D eigenvalue weighted by Crippen LogP contribution is 2.65. The summed E-state index contributed by atoms with van der Waals surface area (Å²) < 4.78 is 36.5. The highest BCUT2D eigenvalue weighted by molar-refractivity contribution is 6.53. The number of carbonyl (C=O) groups excluding carboxylic acids is 2. The van der Waals surface area contributed by atoms with Gasteiger partial charge in [-0.2, -0.15) is 0 Å². The van der Waals surface area contributed by atoms with Gasteiger partial charge in [0.25, 0.3) is 12.3 Å². The second kappa shape index (κ2) is 9.24. The van der Waals surface area contributed by atoms with E-state index in [1.54, 1.807) is 12.1 Å². The van der Waals surface area contributed by atoms with E-state index < -0.39 is 40.6 Å². The van der Waals surface area contributed by atoms with E-state index in [0.29, 0.717) is 15.6 Å². The molecule has 1 fully saturated rings. The number of amides is 2. The van der Waals surface area contributed by atoms with Crippen LogP contribution < -0.4 is 10.6 Å². The lowest BCUT2D eigenvalue weighted by Crippen LogP contribution is -2.30. The maximum absolute atomic E-state index is 13.2. The summed E-state index contributed by atoms with van der Waals surface area (Å²) in [5, 5.41) is 5.17. The predicted octanol–water partition coefficient (Wildman–Crippen LogP) is 6.71. The highest BCUT2D eigenvalue weighted by Gasteiger charge is 2.67. The Morgan fingerprint density at radius 2 is 1.55 bits per heavy atom. The van der Waals surface area contributed by atoms with Crippen molar-refractivity contribution >= 4 is 81.2 Å². The van der Waals surface area contributed by atoms with Crippen LogP contribution in [-0.2, 0) is 9.59 Å². The standard InChI is InChI=1S/C19H12Cl5F3N2O2/c20-8-3-7(4-9(21)5-8)13-14(19(13,23)24)17(30)28-10-1-2-11(22)12(6-10)29-18(31)15(25)16(26)27/h1-6,13-16H,(H,28,30)(H,29,31). The molecule has 4 nitrogen and oxygen atoms in total. The Bertz CT molecular complexity index is 1020. The quantitative estimate of drug-likeness (QED) is 0.405. The molecule has 2 aromatic carbocycles. The molecular formula is C19H12Cl5F3N2O2. The van der Waals surface area contributed by atoms with E-state index in [4.69, 9.17) is 58.0 Å². The zero-order valence-corrected chi connectivity index (χ0v) is 18.9. The highest BCUT2D eigenvalue weighted by atomic mass is 35.5. The number of alkyl halides is 5. The summed E-state index contributed by atoms with van der Waals surface area (Å²) >= 11 is 30.5. The van der Waals surface area contributed by atoms with Gasteiger partial charge >= 0.3 is 0 Å². The summed E-state index contributed by atoms with van der Waals surface area (Å²) in [7, 11) is 0. The molecule has 0 radical (unpaired) electrons. The molecule has 0 spiro atoms. The van der Waals surface area contributed by atoms with Gasteiger partial charge in [0.15, 0.2) is 0 Å². The Kier molecular flexibility index (Phi) is 7.23. The monoisotopic (exact) mass is 532 g/mol. The molecule has 31 heavy (non-hydrogen) atoms. The summed E-state index contributed by atoms with van der Waals surface area (Å²) in [6.07, 6.45) is -6.52. The Morgan fingerprint density at radius 1 is 0.935 bits per heavy atom. The second-order valence-corrected chi connectivity index (χ2v) is 9.47. The molecule has 0 bridgehead atoms. The minimum absolute atomic E-state index is 0.0466. The van der Waals surface area contributed by atoms with E-state index in [-0.39, 0.29) is 16.4 Å². The molecule has 166 valence electrons. The SMILES string of the molecule is O=C(Nc1cc(NC(=O)C2C(c3cc(Cl)cc(Cl)c3)C2(Cl)Cl)ccc1Cl)C(F)C(F)F. The van der Waals surface area contributed by atoms with Crippen molar-refractivity contribution in [3.8, 4) is 0 Å². The summed E-state index contributed by atoms with van der Waals surface area (Å²) in [6.45, 7) is 0. The fraction of sp³-hybridized carbons (Fsp3) is 0.263. The van der Waals surface area contributed by atoms with E-state index in [2.05, 4.69) is 5.32 Å². The predicted molar refractivity (Wildman–Crippen MR) is 117 cm³/mol. The van der Waals surface area contributed by atoms with Gasteiger partial charge in [0, 0.05) is 21.7 Å². The topological polar surface area (TPSA) is 58.2 Å². The van der Waals surface area contributed by atoms with Gasteiger partial charge in [-0.05, 0) is 42.0 Å². The van der Waals surface area contributed by atoms with E-state index in [1.165, 1.54) is 24.3 Å². The first kappa shape index (κ1) is 24.3. The molecular weight excluding hydrogens is 522 g/mol. The van der Waals surface area contributed by atoms with Gasteiger partial charge in [-0.25, -0.2) is 13.2 Å². The molecule has 0 aromatic heterocycles. The van der Waals surface area contributed by atoms with Crippen LogP contribution in [-0.4, -0.2) is 28.7 Å². The zero-order valence-electron chi connectivity index (χ0n) is 15.1. The lowest BCUT2D eigenvalue weighted by molar-refractivity contribution is -0.126. The number of hydrogen-bond donors (Lipinski definition) is 2. The summed E-state index contributed by atoms with van der Waals surface area (Å²) in [5.41, 5.74) is 0.563. The summed E-state index contributed by atoms with van der Waals surface area (Å²) in [5.74, 6) is -3.56. The van der Waals surface area contributed by atoms with Crippen LogP contribution >= 0.6 is 58.0 Å². The van der Waals surface area contributed by atoms with Crippen molar-refractivity contribution in [1.29, 1.82) is 0 Å². The number of carbonyl (C=O) groups is 2. The van der Waals surface area contributed by atoms with E-state index in [0.717, 1.165) is 0 Å². The van der Waals surface area contributed by atoms with Crippen LogP contribution in [0.1, 0.15) is 11.5 Å². The van der Waals surface area contributed by atoms with Gasteiger partial charge in [0.1, 0.15) is 4.33 Å². The average molecular weight is 535 g/mol. The van der Waals surface area contributed by atoms with Crippen molar-refractivity contribution < 1.29 is 22.8 Å². The fourth-order valence-electron chi connectivity index (χ4n) is 3.06. The Morgan fingerprint density at radius 3 is 2.13 bits per heavy atom. The van der Waals surface area contributed by atoms with Gasteiger partial charge in [-0.15, -0.1) is 23.2 Å². The van der Waals surface area contributed by atoms with Gasteiger partial charge in [-0.1, -0.05) is 34.8 Å². The number of rotatable bonds is 6. The molecule has 3 atom stereocenters. The molecule has 0 heterocycles. The van der Waals surface area contributed by atoms with Crippen LogP contribution in [0.25, 0.3) is 0 Å². The largest absolute Gasteiger partial charge is 0.326 e. The average Bonchev–Trinajstić information content (AvgIpc) is 3.25. The molecule has 0 aliphatic heterocycles. The van der Waals surface area contributed by atoms with Crippen molar-refractivity contribution in [3.63, 3.8) is 0 Å². The van der Waals surface area contributed by atoms with Crippen LogP contribution in [0.3, 0.4) is 0 Å². The third-order valence-corrected chi connectivity index (χ3v) is 6.25. The normalized spacial score (nSPS) is 20.3. The van der Waals surface area contributed by atoms with Crippen LogP contribution in [0, 0.1) is 5.92 Å². The third-order valence-electron chi connectivity index (χ3n) is 4.54. The van der Waals surface area contributed by atoms with Crippen LogP contribution in [0.2, 0.25) is 15.1 Å². The van der Waals surface area contributed by atoms with E-state index >= 15 is 0 Å². The molecule has 3 rings (SSSR count). The first-order valence-electron chi connectivity index (χ1n) is 8.59. The van der Waals surface area contributed by atoms with Crippen LogP contribution in [0.15, 0.2) is 36.4 Å². The lowest BCUT2D eigenvalue weighted by Gasteiger charge is -2.12. The molecule has 1 aliphatic rings.